The number of rotatable bonds is 5. The summed E-state index contributed by atoms with van der Waals surface area (Å²) >= 11 is 0. The van der Waals surface area contributed by atoms with Crippen LogP contribution >= 0.6 is 0 Å². The first-order valence-electron chi connectivity index (χ1n) is 5.63. The lowest BCUT2D eigenvalue weighted by atomic mass is 9.86. The Kier molecular flexibility index (Phi) is 4.54. The predicted octanol–water partition coefficient (Wildman–Crippen LogP) is 2.86. The van der Waals surface area contributed by atoms with Crippen molar-refractivity contribution < 1.29 is 8.42 Å². The maximum Gasteiger partial charge on any atom is 0.147 e. The standard InChI is InChI=1S/C13H20O2S/c1-11(2)13(9-10-16(3,14)15)12-7-5-4-6-8-12/h4-8,11,13H,9-10H2,1-3H3. The zero-order valence-corrected chi connectivity index (χ0v) is 11.0. The van der Waals surface area contributed by atoms with Gasteiger partial charge in [0.15, 0.2) is 0 Å². The fraction of sp³-hybridized carbons (Fsp3) is 0.538. The molecule has 0 aliphatic heterocycles. The highest BCUT2D eigenvalue weighted by atomic mass is 32.2. The largest absolute Gasteiger partial charge is 0.229 e. The minimum absolute atomic E-state index is 0.269. The van der Waals surface area contributed by atoms with Crippen LogP contribution in [0.2, 0.25) is 0 Å². The Balaban J connectivity index is 2.77. The van der Waals surface area contributed by atoms with E-state index in [4.69, 9.17) is 0 Å². The first-order valence-corrected chi connectivity index (χ1v) is 7.69. The molecule has 0 bridgehead atoms. The van der Waals surface area contributed by atoms with Gasteiger partial charge in [-0.2, -0.15) is 0 Å². The fourth-order valence-electron chi connectivity index (χ4n) is 1.93. The van der Waals surface area contributed by atoms with Gasteiger partial charge in [-0.25, -0.2) is 8.42 Å². The minimum Gasteiger partial charge on any atom is -0.229 e. The SMILES string of the molecule is CC(C)C(CCS(C)(=O)=O)c1ccccc1. The monoisotopic (exact) mass is 240 g/mol. The van der Waals surface area contributed by atoms with E-state index in [1.807, 2.05) is 18.2 Å². The highest BCUT2D eigenvalue weighted by Crippen LogP contribution is 2.27. The van der Waals surface area contributed by atoms with Crippen molar-refractivity contribution in [3.05, 3.63) is 35.9 Å². The molecule has 0 amide bonds. The number of sulfone groups is 1. The lowest BCUT2D eigenvalue weighted by Crippen LogP contribution is -2.13. The van der Waals surface area contributed by atoms with Gasteiger partial charge >= 0.3 is 0 Å². The number of hydrogen-bond donors (Lipinski definition) is 0. The zero-order valence-electron chi connectivity index (χ0n) is 10.2. The Morgan fingerprint density at radius 3 is 2.12 bits per heavy atom. The Morgan fingerprint density at radius 1 is 1.12 bits per heavy atom. The van der Waals surface area contributed by atoms with Crippen LogP contribution in [0, 0.1) is 5.92 Å². The Morgan fingerprint density at radius 2 is 1.69 bits per heavy atom. The van der Waals surface area contributed by atoms with Crippen molar-refractivity contribution in [1.29, 1.82) is 0 Å². The van der Waals surface area contributed by atoms with E-state index in [1.165, 1.54) is 11.8 Å². The van der Waals surface area contributed by atoms with Gasteiger partial charge in [0.25, 0.3) is 0 Å². The fourth-order valence-corrected chi connectivity index (χ4v) is 2.61. The van der Waals surface area contributed by atoms with Gasteiger partial charge in [0.05, 0.1) is 5.75 Å². The second-order valence-corrected chi connectivity index (χ2v) is 6.94. The van der Waals surface area contributed by atoms with Crippen molar-refractivity contribution in [2.75, 3.05) is 12.0 Å². The molecule has 3 heteroatoms. The van der Waals surface area contributed by atoms with E-state index in [0.717, 1.165) is 0 Å². The molecule has 0 N–H and O–H groups in total. The number of hydrogen-bond acceptors (Lipinski definition) is 2. The molecule has 2 nitrogen and oxygen atoms in total. The molecule has 0 aliphatic carbocycles. The summed E-state index contributed by atoms with van der Waals surface area (Å²) in [6.45, 7) is 4.28. The van der Waals surface area contributed by atoms with E-state index < -0.39 is 9.84 Å². The summed E-state index contributed by atoms with van der Waals surface area (Å²) in [5.74, 6) is 1.06. The maximum atomic E-state index is 11.2. The van der Waals surface area contributed by atoms with Crippen molar-refractivity contribution >= 4 is 9.84 Å². The average Bonchev–Trinajstić information content (AvgIpc) is 2.17. The molecule has 16 heavy (non-hydrogen) atoms. The average molecular weight is 240 g/mol. The van der Waals surface area contributed by atoms with Crippen LogP contribution in [0.4, 0.5) is 0 Å². The molecule has 0 saturated carbocycles. The first kappa shape index (κ1) is 13.2. The Hall–Kier alpha value is -0.830. The third kappa shape index (κ3) is 4.35. The van der Waals surface area contributed by atoms with Gasteiger partial charge in [-0.1, -0.05) is 44.2 Å². The van der Waals surface area contributed by atoms with Gasteiger partial charge < -0.3 is 0 Å². The molecule has 1 aromatic carbocycles. The van der Waals surface area contributed by atoms with Crippen LogP contribution in [0.5, 0.6) is 0 Å². The third-order valence-corrected chi connectivity index (χ3v) is 3.81. The first-order chi connectivity index (χ1) is 7.40. The van der Waals surface area contributed by atoms with Gasteiger partial charge in [-0.3, -0.25) is 0 Å². The summed E-state index contributed by atoms with van der Waals surface area (Å²) in [6.07, 6.45) is 2.01. The van der Waals surface area contributed by atoms with Crippen LogP contribution < -0.4 is 0 Å². The molecule has 0 heterocycles. The van der Waals surface area contributed by atoms with Crippen LogP contribution in [-0.2, 0) is 9.84 Å². The van der Waals surface area contributed by atoms with E-state index in [-0.39, 0.29) is 5.75 Å². The molecule has 0 aromatic heterocycles. The Labute approximate surface area is 98.6 Å². The van der Waals surface area contributed by atoms with Crippen LogP contribution in [0.1, 0.15) is 31.7 Å². The quantitative estimate of drug-likeness (QED) is 0.793. The highest BCUT2D eigenvalue weighted by Gasteiger charge is 2.17. The molecule has 1 aromatic rings. The predicted molar refractivity (Wildman–Crippen MR) is 68.3 cm³/mol. The van der Waals surface area contributed by atoms with Gasteiger partial charge in [-0.15, -0.1) is 0 Å². The number of benzene rings is 1. The summed E-state index contributed by atoms with van der Waals surface area (Å²) in [7, 11) is -2.86. The molecule has 1 rings (SSSR count). The summed E-state index contributed by atoms with van der Waals surface area (Å²) < 4.78 is 22.4. The van der Waals surface area contributed by atoms with Crippen LogP contribution in [0.25, 0.3) is 0 Å². The van der Waals surface area contributed by atoms with Gasteiger partial charge in [0.2, 0.25) is 0 Å². The molecule has 1 unspecified atom stereocenters. The summed E-state index contributed by atoms with van der Waals surface area (Å²) in [5.41, 5.74) is 1.24. The lowest BCUT2D eigenvalue weighted by molar-refractivity contribution is 0.483. The second-order valence-electron chi connectivity index (χ2n) is 4.68. The van der Waals surface area contributed by atoms with E-state index in [0.29, 0.717) is 18.3 Å². The van der Waals surface area contributed by atoms with E-state index in [2.05, 4.69) is 26.0 Å². The molecule has 1 atom stereocenters. The van der Waals surface area contributed by atoms with E-state index in [1.54, 1.807) is 0 Å². The van der Waals surface area contributed by atoms with Gasteiger partial charge in [0.1, 0.15) is 9.84 Å². The molecular weight excluding hydrogens is 220 g/mol. The molecule has 0 spiro atoms. The van der Waals surface area contributed by atoms with Crippen molar-refractivity contribution in [3.63, 3.8) is 0 Å². The molecule has 0 radical (unpaired) electrons. The summed E-state index contributed by atoms with van der Waals surface area (Å²) in [6, 6.07) is 10.1. The van der Waals surface area contributed by atoms with Crippen molar-refractivity contribution in [3.8, 4) is 0 Å². The summed E-state index contributed by atoms with van der Waals surface area (Å²) in [4.78, 5) is 0. The smallest absolute Gasteiger partial charge is 0.147 e. The highest BCUT2D eigenvalue weighted by molar-refractivity contribution is 7.90. The maximum absolute atomic E-state index is 11.2. The van der Waals surface area contributed by atoms with Crippen molar-refractivity contribution in [1.82, 2.24) is 0 Å². The van der Waals surface area contributed by atoms with Crippen LogP contribution in [-0.4, -0.2) is 20.4 Å². The second kappa shape index (κ2) is 5.48. The van der Waals surface area contributed by atoms with E-state index >= 15 is 0 Å². The zero-order chi connectivity index (χ0) is 12.2. The molecule has 90 valence electrons. The van der Waals surface area contributed by atoms with Crippen molar-refractivity contribution in [2.45, 2.75) is 26.2 Å². The third-order valence-electron chi connectivity index (χ3n) is 2.83. The minimum atomic E-state index is -2.86. The molecule has 0 saturated heterocycles. The molecule has 0 aliphatic rings. The van der Waals surface area contributed by atoms with Crippen molar-refractivity contribution in [2.24, 2.45) is 5.92 Å². The Bertz CT molecular complexity index is 407. The van der Waals surface area contributed by atoms with Gasteiger partial charge in [-0.05, 0) is 23.8 Å². The van der Waals surface area contributed by atoms with Crippen LogP contribution in [0.15, 0.2) is 30.3 Å². The molecule has 0 fully saturated rings. The van der Waals surface area contributed by atoms with E-state index in [9.17, 15) is 8.42 Å². The molecular formula is C13H20O2S. The normalized spacial score (nSPS) is 14.0. The van der Waals surface area contributed by atoms with Gasteiger partial charge in [0, 0.05) is 6.26 Å². The topological polar surface area (TPSA) is 34.1 Å². The lowest BCUT2D eigenvalue weighted by Gasteiger charge is -2.20. The summed E-state index contributed by atoms with van der Waals surface area (Å²) in [5, 5.41) is 0. The van der Waals surface area contributed by atoms with Crippen LogP contribution in [0.3, 0.4) is 0 Å².